The molecule has 3 N–H and O–H groups in total. The average Bonchev–Trinajstić information content (AvgIpc) is 2.41. The molecule has 20 heavy (non-hydrogen) atoms. The lowest BCUT2D eigenvalue weighted by Gasteiger charge is -2.21. The minimum Gasteiger partial charge on any atom is -0.384 e. The second kappa shape index (κ2) is 5.69. The quantitative estimate of drug-likeness (QED) is 0.666. The van der Waals surface area contributed by atoms with Crippen molar-refractivity contribution in [2.45, 2.75) is 6.54 Å². The predicted molar refractivity (Wildman–Crippen MR) is 75.9 cm³/mol. The standard InChI is InChI=1S/C15H15F2N3/c1-20(13-6-4-11(16)5-7-13)9-10-2-3-12(17)8-14(10)15(18)19/h2-8H,9H2,1H3,(H3,18,19). The van der Waals surface area contributed by atoms with Crippen LogP contribution in [0.3, 0.4) is 0 Å². The van der Waals surface area contributed by atoms with Crippen molar-refractivity contribution in [2.75, 3.05) is 11.9 Å². The number of amidine groups is 1. The van der Waals surface area contributed by atoms with E-state index in [9.17, 15) is 8.78 Å². The van der Waals surface area contributed by atoms with E-state index in [1.807, 2.05) is 11.9 Å². The summed E-state index contributed by atoms with van der Waals surface area (Å²) in [6, 6.07) is 10.3. The molecule has 0 aliphatic carbocycles. The molecule has 0 radical (unpaired) electrons. The maximum atomic E-state index is 13.2. The van der Waals surface area contributed by atoms with Gasteiger partial charge in [0.1, 0.15) is 17.5 Å². The van der Waals surface area contributed by atoms with E-state index in [1.165, 1.54) is 24.3 Å². The summed E-state index contributed by atoms with van der Waals surface area (Å²) >= 11 is 0. The highest BCUT2D eigenvalue weighted by Gasteiger charge is 2.10. The second-order valence-electron chi connectivity index (χ2n) is 4.55. The second-order valence-corrected chi connectivity index (χ2v) is 4.55. The van der Waals surface area contributed by atoms with Gasteiger partial charge in [0.25, 0.3) is 0 Å². The van der Waals surface area contributed by atoms with Gasteiger partial charge in [-0.3, -0.25) is 5.41 Å². The van der Waals surface area contributed by atoms with Crippen molar-refractivity contribution < 1.29 is 8.78 Å². The van der Waals surface area contributed by atoms with Gasteiger partial charge in [-0.1, -0.05) is 6.07 Å². The van der Waals surface area contributed by atoms with Gasteiger partial charge in [0.05, 0.1) is 0 Å². The number of nitrogens with one attached hydrogen (secondary N) is 1. The van der Waals surface area contributed by atoms with Crippen LogP contribution in [0, 0.1) is 17.0 Å². The monoisotopic (exact) mass is 275 g/mol. The van der Waals surface area contributed by atoms with Gasteiger partial charge < -0.3 is 10.6 Å². The first-order valence-corrected chi connectivity index (χ1v) is 6.07. The molecule has 0 aliphatic rings. The van der Waals surface area contributed by atoms with Crippen LogP contribution in [0.1, 0.15) is 11.1 Å². The fourth-order valence-electron chi connectivity index (χ4n) is 1.98. The number of hydrogen-bond acceptors (Lipinski definition) is 2. The van der Waals surface area contributed by atoms with Gasteiger partial charge in [-0.05, 0) is 42.0 Å². The molecule has 0 heterocycles. The highest BCUT2D eigenvalue weighted by Crippen LogP contribution is 2.18. The Morgan fingerprint density at radius 3 is 2.30 bits per heavy atom. The van der Waals surface area contributed by atoms with Crippen molar-refractivity contribution in [2.24, 2.45) is 5.73 Å². The zero-order valence-electron chi connectivity index (χ0n) is 11.0. The van der Waals surface area contributed by atoms with E-state index >= 15 is 0 Å². The molecule has 0 saturated heterocycles. The summed E-state index contributed by atoms with van der Waals surface area (Å²) in [6.07, 6.45) is 0. The molecule has 2 aromatic rings. The number of anilines is 1. The molecule has 2 rings (SSSR count). The highest BCUT2D eigenvalue weighted by atomic mass is 19.1. The van der Waals surface area contributed by atoms with E-state index in [4.69, 9.17) is 11.1 Å². The van der Waals surface area contributed by atoms with Gasteiger partial charge in [-0.15, -0.1) is 0 Å². The Hall–Kier alpha value is -2.43. The topological polar surface area (TPSA) is 53.1 Å². The molecule has 0 atom stereocenters. The summed E-state index contributed by atoms with van der Waals surface area (Å²) in [6.45, 7) is 0.445. The van der Waals surface area contributed by atoms with Crippen molar-refractivity contribution in [1.29, 1.82) is 5.41 Å². The Kier molecular flexibility index (Phi) is 3.98. The van der Waals surface area contributed by atoms with Crippen LogP contribution in [-0.4, -0.2) is 12.9 Å². The Labute approximate surface area is 116 Å². The maximum Gasteiger partial charge on any atom is 0.123 e. The zero-order valence-corrected chi connectivity index (χ0v) is 11.0. The van der Waals surface area contributed by atoms with E-state index in [0.717, 1.165) is 11.3 Å². The largest absolute Gasteiger partial charge is 0.384 e. The molecule has 0 unspecified atom stereocenters. The number of halogens is 2. The van der Waals surface area contributed by atoms with Crippen molar-refractivity contribution in [3.63, 3.8) is 0 Å². The van der Waals surface area contributed by atoms with Crippen molar-refractivity contribution >= 4 is 11.5 Å². The third-order valence-electron chi connectivity index (χ3n) is 3.04. The Morgan fingerprint density at radius 2 is 1.70 bits per heavy atom. The molecule has 0 aliphatic heterocycles. The van der Waals surface area contributed by atoms with Gasteiger partial charge in [0, 0.05) is 24.8 Å². The first-order chi connectivity index (χ1) is 9.47. The molecule has 5 heteroatoms. The molecule has 0 fully saturated rings. The number of nitrogens with zero attached hydrogens (tertiary/aromatic N) is 1. The maximum absolute atomic E-state index is 13.2. The summed E-state index contributed by atoms with van der Waals surface area (Å²) in [7, 11) is 1.83. The smallest absolute Gasteiger partial charge is 0.123 e. The van der Waals surface area contributed by atoms with Gasteiger partial charge in [0.15, 0.2) is 0 Å². The summed E-state index contributed by atoms with van der Waals surface area (Å²) in [5.41, 5.74) is 7.41. The average molecular weight is 275 g/mol. The Balaban J connectivity index is 2.25. The van der Waals surface area contributed by atoms with Crippen LogP contribution in [0.15, 0.2) is 42.5 Å². The molecular formula is C15H15F2N3. The molecule has 0 spiro atoms. The SMILES string of the molecule is CN(Cc1ccc(F)cc1C(=N)N)c1ccc(F)cc1. The van der Waals surface area contributed by atoms with Gasteiger partial charge in [-0.2, -0.15) is 0 Å². The third-order valence-corrected chi connectivity index (χ3v) is 3.04. The lowest BCUT2D eigenvalue weighted by atomic mass is 10.1. The van der Waals surface area contributed by atoms with Gasteiger partial charge >= 0.3 is 0 Å². The van der Waals surface area contributed by atoms with E-state index in [0.29, 0.717) is 12.1 Å². The zero-order chi connectivity index (χ0) is 14.7. The van der Waals surface area contributed by atoms with Crippen LogP contribution in [0.4, 0.5) is 14.5 Å². The van der Waals surface area contributed by atoms with Crippen LogP contribution in [0.5, 0.6) is 0 Å². The third kappa shape index (κ3) is 3.12. The fourth-order valence-corrected chi connectivity index (χ4v) is 1.98. The number of nitrogens with two attached hydrogens (primary N) is 1. The molecule has 2 aromatic carbocycles. The minimum atomic E-state index is -0.427. The summed E-state index contributed by atoms with van der Waals surface area (Å²) < 4.78 is 26.1. The highest BCUT2D eigenvalue weighted by molar-refractivity contribution is 5.96. The predicted octanol–water partition coefficient (Wildman–Crippen LogP) is 2.89. The van der Waals surface area contributed by atoms with E-state index in [1.54, 1.807) is 18.2 Å². The van der Waals surface area contributed by atoms with Gasteiger partial charge in [0.2, 0.25) is 0 Å². The number of rotatable bonds is 4. The molecule has 0 amide bonds. The summed E-state index contributed by atoms with van der Waals surface area (Å²) in [4.78, 5) is 1.87. The minimum absolute atomic E-state index is 0.174. The van der Waals surface area contributed by atoms with Crippen molar-refractivity contribution in [3.8, 4) is 0 Å². The van der Waals surface area contributed by atoms with Crippen LogP contribution in [0.2, 0.25) is 0 Å². The lowest BCUT2D eigenvalue weighted by molar-refractivity contribution is 0.625. The first-order valence-electron chi connectivity index (χ1n) is 6.07. The number of hydrogen-bond donors (Lipinski definition) is 2. The Morgan fingerprint density at radius 1 is 1.10 bits per heavy atom. The van der Waals surface area contributed by atoms with Crippen LogP contribution < -0.4 is 10.6 Å². The van der Waals surface area contributed by atoms with Crippen LogP contribution in [-0.2, 0) is 6.54 Å². The molecular weight excluding hydrogens is 260 g/mol. The van der Waals surface area contributed by atoms with Crippen molar-refractivity contribution in [1.82, 2.24) is 0 Å². The molecule has 0 aromatic heterocycles. The molecule has 0 bridgehead atoms. The molecule has 0 saturated carbocycles. The van der Waals surface area contributed by atoms with Crippen LogP contribution >= 0.6 is 0 Å². The van der Waals surface area contributed by atoms with E-state index in [2.05, 4.69) is 0 Å². The van der Waals surface area contributed by atoms with E-state index in [-0.39, 0.29) is 11.7 Å². The summed E-state index contributed by atoms with van der Waals surface area (Å²) in [5, 5.41) is 7.49. The first kappa shape index (κ1) is 14.0. The van der Waals surface area contributed by atoms with Crippen LogP contribution in [0.25, 0.3) is 0 Å². The van der Waals surface area contributed by atoms with E-state index < -0.39 is 5.82 Å². The number of nitrogen functional groups attached to an aromatic ring is 1. The van der Waals surface area contributed by atoms with Crippen molar-refractivity contribution in [3.05, 3.63) is 65.2 Å². The Bertz CT molecular complexity index is 624. The fraction of sp³-hybridized carbons (Fsp3) is 0.133. The normalized spacial score (nSPS) is 10.3. The van der Waals surface area contributed by atoms with Gasteiger partial charge in [-0.25, -0.2) is 8.78 Å². The number of benzene rings is 2. The molecule has 104 valence electrons. The molecule has 3 nitrogen and oxygen atoms in total. The lowest BCUT2D eigenvalue weighted by Crippen LogP contribution is -2.21. The summed E-state index contributed by atoms with van der Waals surface area (Å²) in [5.74, 6) is -0.899.